The van der Waals surface area contributed by atoms with E-state index in [9.17, 15) is 23.5 Å². The van der Waals surface area contributed by atoms with Gasteiger partial charge in [-0.3, -0.25) is 4.79 Å². The molecular formula is C19H16F2N2O4S. The van der Waals surface area contributed by atoms with Crippen molar-refractivity contribution in [2.24, 2.45) is 4.99 Å². The number of carboxylic acid groups (broad SMARTS) is 1. The van der Waals surface area contributed by atoms with Gasteiger partial charge in [-0.1, -0.05) is 30.4 Å². The minimum atomic E-state index is -1.17. The van der Waals surface area contributed by atoms with E-state index in [0.29, 0.717) is 5.75 Å². The number of rotatable bonds is 5. The van der Waals surface area contributed by atoms with Crippen LogP contribution in [0.4, 0.5) is 8.78 Å². The van der Waals surface area contributed by atoms with E-state index in [1.807, 2.05) is 0 Å². The van der Waals surface area contributed by atoms with Gasteiger partial charge >= 0.3 is 5.97 Å². The van der Waals surface area contributed by atoms with Crippen molar-refractivity contribution < 1.29 is 28.2 Å². The molecule has 0 bridgehead atoms. The first-order valence-electron chi connectivity index (χ1n) is 8.32. The summed E-state index contributed by atoms with van der Waals surface area (Å²) in [4.78, 5) is 28.5. The SMILES string of the molecule is CCC(C(=O)O)n1c(=NC(=O)c2ccccc2OC)sc2cc(F)c(F)cc21. The third-order valence-electron chi connectivity index (χ3n) is 4.19. The van der Waals surface area contributed by atoms with Gasteiger partial charge in [0, 0.05) is 6.07 Å². The van der Waals surface area contributed by atoms with Crippen molar-refractivity contribution in [3.8, 4) is 5.75 Å². The number of hydrogen-bond acceptors (Lipinski definition) is 4. The van der Waals surface area contributed by atoms with Crippen molar-refractivity contribution in [3.63, 3.8) is 0 Å². The van der Waals surface area contributed by atoms with Gasteiger partial charge in [-0.05, 0) is 24.6 Å². The summed E-state index contributed by atoms with van der Waals surface area (Å²) in [5.74, 6) is -3.68. The minimum absolute atomic E-state index is 0.0326. The highest BCUT2D eigenvalue weighted by atomic mass is 32.1. The molecule has 2 aromatic carbocycles. The largest absolute Gasteiger partial charge is 0.496 e. The minimum Gasteiger partial charge on any atom is -0.496 e. The standard InChI is InChI=1S/C19H16F2N2O4S/c1-3-13(18(25)26)23-14-8-11(20)12(21)9-16(14)28-19(23)22-17(24)10-6-4-5-7-15(10)27-2/h4-9,13H,3H2,1-2H3,(H,25,26). The highest BCUT2D eigenvalue weighted by Gasteiger charge is 2.23. The van der Waals surface area contributed by atoms with Gasteiger partial charge in [-0.2, -0.15) is 4.99 Å². The number of thiazole rings is 1. The lowest BCUT2D eigenvalue weighted by atomic mass is 10.2. The topological polar surface area (TPSA) is 80.9 Å². The van der Waals surface area contributed by atoms with Crippen molar-refractivity contribution in [1.29, 1.82) is 0 Å². The smallest absolute Gasteiger partial charge is 0.326 e. The van der Waals surface area contributed by atoms with Crippen LogP contribution >= 0.6 is 11.3 Å². The van der Waals surface area contributed by atoms with Crippen LogP contribution in [0.5, 0.6) is 5.75 Å². The second-order valence-electron chi connectivity index (χ2n) is 5.87. The molecule has 0 spiro atoms. The van der Waals surface area contributed by atoms with Crippen LogP contribution in [0.25, 0.3) is 10.2 Å². The zero-order chi connectivity index (χ0) is 20.4. The van der Waals surface area contributed by atoms with E-state index < -0.39 is 29.6 Å². The van der Waals surface area contributed by atoms with Gasteiger partial charge in [0.15, 0.2) is 16.4 Å². The molecule has 146 valence electrons. The van der Waals surface area contributed by atoms with E-state index in [4.69, 9.17) is 4.74 Å². The van der Waals surface area contributed by atoms with E-state index in [-0.39, 0.29) is 27.0 Å². The summed E-state index contributed by atoms with van der Waals surface area (Å²) in [5.41, 5.74) is 0.347. The Hall–Kier alpha value is -3.07. The number of benzene rings is 2. The van der Waals surface area contributed by atoms with Crippen molar-refractivity contribution in [1.82, 2.24) is 4.57 Å². The Bertz CT molecular complexity index is 1140. The highest BCUT2D eigenvalue weighted by molar-refractivity contribution is 7.16. The second kappa shape index (κ2) is 7.89. The first-order chi connectivity index (χ1) is 13.4. The number of halogens is 2. The van der Waals surface area contributed by atoms with E-state index >= 15 is 0 Å². The van der Waals surface area contributed by atoms with Crippen LogP contribution in [-0.4, -0.2) is 28.7 Å². The second-order valence-corrected chi connectivity index (χ2v) is 6.88. The van der Waals surface area contributed by atoms with Gasteiger partial charge in [0.1, 0.15) is 11.8 Å². The third kappa shape index (κ3) is 3.53. The zero-order valence-electron chi connectivity index (χ0n) is 15.0. The average Bonchev–Trinajstić information content (AvgIpc) is 2.99. The molecule has 0 saturated carbocycles. The number of carbonyl (C=O) groups is 2. The molecule has 1 unspecified atom stereocenters. The number of hydrogen-bond donors (Lipinski definition) is 1. The number of carboxylic acids is 1. The van der Waals surface area contributed by atoms with Crippen molar-refractivity contribution in [3.05, 3.63) is 58.4 Å². The van der Waals surface area contributed by atoms with Crippen LogP contribution in [0.2, 0.25) is 0 Å². The summed E-state index contributed by atoms with van der Waals surface area (Å²) in [6, 6.07) is 7.24. The molecule has 0 aliphatic heterocycles. The molecular weight excluding hydrogens is 390 g/mol. The van der Waals surface area contributed by atoms with Gasteiger partial charge in [0.2, 0.25) is 0 Å². The predicted molar refractivity (Wildman–Crippen MR) is 99.6 cm³/mol. The van der Waals surface area contributed by atoms with Crippen LogP contribution in [-0.2, 0) is 4.79 Å². The molecule has 1 aromatic heterocycles. The molecule has 1 atom stereocenters. The molecule has 1 amide bonds. The molecule has 1 heterocycles. The van der Waals surface area contributed by atoms with E-state index in [1.54, 1.807) is 25.1 Å². The van der Waals surface area contributed by atoms with Gasteiger partial charge in [-0.25, -0.2) is 13.6 Å². The van der Waals surface area contributed by atoms with Crippen LogP contribution in [0, 0.1) is 11.6 Å². The molecule has 1 N–H and O–H groups in total. The van der Waals surface area contributed by atoms with Gasteiger partial charge < -0.3 is 14.4 Å². The fraction of sp³-hybridized carbons (Fsp3) is 0.211. The molecule has 0 aliphatic carbocycles. The quantitative estimate of drug-likeness (QED) is 0.700. The first-order valence-corrected chi connectivity index (χ1v) is 9.14. The fourth-order valence-corrected chi connectivity index (χ4v) is 3.93. The van der Waals surface area contributed by atoms with Crippen LogP contribution in [0.15, 0.2) is 41.4 Å². The number of para-hydroxylation sites is 1. The number of ether oxygens (including phenoxy) is 1. The van der Waals surface area contributed by atoms with Crippen molar-refractivity contribution in [2.75, 3.05) is 7.11 Å². The Morgan fingerprint density at radius 1 is 1.25 bits per heavy atom. The molecule has 6 nitrogen and oxygen atoms in total. The highest BCUT2D eigenvalue weighted by Crippen LogP contribution is 2.26. The monoisotopic (exact) mass is 406 g/mol. The Kier molecular flexibility index (Phi) is 5.55. The van der Waals surface area contributed by atoms with Gasteiger partial charge in [0.05, 0.1) is 22.9 Å². The fourth-order valence-electron chi connectivity index (χ4n) is 2.85. The molecule has 3 rings (SSSR count). The maximum absolute atomic E-state index is 13.8. The van der Waals surface area contributed by atoms with E-state index in [0.717, 1.165) is 23.5 Å². The number of methoxy groups -OCH3 is 1. The molecule has 0 fully saturated rings. The normalized spacial score (nSPS) is 12.9. The van der Waals surface area contributed by atoms with Crippen molar-refractivity contribution >= 4 is 33.4 Å². The first kappa shape index (κ1) is 19.7. The molecule has 0 saturated heterocycles. The molecule has 0 aliphatic rings. The zero-order valence-corrected chi connectivity index (χ0v) is 15.8. The molecule has 9 heteroatoms. The Morgan fingerprint density at radius 3 is 2.57 bits per heavy atom. The van der Waals surface area contributed by atoms with Crippen molar-refractivity contribution in [2.45, 2.75) is 19.4 Å². The Labute approximate surface area is 162 Å². The van der Waals surface area contributed by atoms with Gasteiger partial charge in [0.25, 0.3) is 5.91 Å². The molecule has 3 aromatic rings. The lowest BCUT2D eigenvalue weighted by molar-refractivity contribution is -0.140. The summed E-state index contributed by atoms with van der Waals surface area (Å²) < 4.78 is 34.1. The third-order valence-corrected chi connectivity index (χ3v) is 5.20. The number of aliphatic carboxylic acids is 1. The summed E-state index contributed by atoms with van der Waals surface area (Å²) in [6.07, 6.45) is 0.163. The summed E-state index contributed by atoms with van der Waals surface area (Å²) in [6.45, 7) is 1.64. The number of nitrogens with zero attached hydrogens (tertiary/aromatic N) is 2. The molecule has 28 heavy (non-hydrogen) atoms. The summed E-state index contributed by atoms with van der Waals surface area (Å²) in [7, 11) is 1.41. The maximum Gasteiger partial charge on any atom is 0.326 e. The van der Waals surface area contributed by atoms with Crippen LogP contribution in [0.1, 0.15) is 29.7 Å². The van der Waals surface area contributed by atoms with E-state index in [2.05, 4.69) is 4.99 Å². The number of fused-ring (bicyclic) bond motifs is 1. The predicted octanol–water partition coefficient (Wildman–Crippen LogP) is 3.77. The summed E-state index contributed by atoms with van der Waals surface area (Å²) >= 11 is 0.909. The lowest BCUT2D eigenvalue weighted by Gasteiger charge is -2.13. The van der Waals surface area contributed by atoms with Crippen LogP contribution < -0.4 is 9.54 Å². The van der Waals surface area contributed by atoms with E-state index in [1.165, 1.54) is 17.7 Å². The Morgan fingerprint density at radius 2 is 1.93 bits per heavy atom. The molecule has 0 radical (unpaired) electrons. The Balaban J connectivity index is 2.28. The number of amides is 1. The van der Waals surface area contributed by atoms with Crippen LogP contribution in [0.3, 0.4) is 0 Å². The van der Waals surface area contributed by atoms with Gasteiger partial charge in [-0.15, -0.1) is 0 Å². The maximum atomic E-state index is 13.8. The lowest BCUT2D eigenvalue weighted by Crippen LogP contribution is -2.27. The average molecular weight is 406 g/mol. The number of carbonyl (C=O) groups excluding carboxylic acids is 1. The summed E-state index contributed by atoms with van der Waals surface area (Å²) in [5, 5.41) is 9.56. The number of aromatic nitrogens is 1.